The van der Waals surface area contributed by atoms with E-state index < -0.39 is 18.0 Å². The second-order valence-electron chi connectivity index (χ2n) is 8.38. The molecule has 31 heavy (non-hydrogen) atoms. The van der Waals surface area contributed by atoms with Crippen LogP contribution in [0.3, 0.4) is 0 Å². The van der Waals surface area contributed by atoms with Crippen molar-refractivity contribution < 1.29 is 19.1 Å². The summed E-state index contributed by atoms with van der Waals surface area (Å²) in [6, 6.07) is 8.01. The first-order chi connectivity index (χ1) is 14.8. The zero-order valence-corrected chi connectivity index (χ0v) is 17.8. The summed E-state index contributed by atoms with van der Waals surface area (Å²) in [6.45, 7) is 1.79. The number of carbonyl (C=O) groups excluding carboxylic acids is 2. The van der Waals surface area contributed by atoms with E-state index in [-0.39, 0.29) is 42.1 Å². The van der Waals surface area contributed by atoms with Crippen molar-refractivity contribution in [1.82, 2.24) is 14.4 Å². The molecule has 164 valence electrons. The average Bonchev–Trinajstić information content (AvgIpc) is 3.28. The first-order valence-corrected chi connectivity index (χ1v) is 10.4. The molecule has 8 heteroatoms. The SMILES string of the molecule is CCC(=O)N1[C@@H]2c3ccc(-c4ccc(F)cc4)c(=O)n3C[C@@H]2[C@@H](CO)[C@@H]1C(=O)N(C)C. The van der Waals surface area contributed by atoms with E-state index in [1.165, 1.54) is 17.0 Å². The minimum Gasteiger partial charge on any atom is -0.396 e. The van der Waals surface area contributed by atoms with Crippen molar-refractivity contribution in [3.05, 3.63) is 58.3 Å². The smallest absolute Gasteiger partial charge is 0.258 e. The summed E-state index contributed by atoms with van der Waals surface area (Å²) < 4.78 is 14.9. The molecule has 2 aliphatic rings. The highest BCUT2D eigenvalue weighted by atomic mass is 19.1. The average molecular weight is 427 g/mol. The van der Waals surface area contributed by atoms with Gasteiger partial charge in [-0.3, -0.25) is 14.4 Å². The molecule has 0 bridgehead atoms. The van der Waals surface area contributed by atoms with Crippen molar-refractivity contribution in [2.45, 2.75) is 32.0 Å². The molecule has 1 aromatic carbocycles. The van der Waals surface area contributed by atoms with E-state index >= 15 is 0 Å². The van der Waals surface area contributed by atoms with Gasteiger partial charge in [0.25, 0.3) is 5.56 Å². The Bertz CT molecular complexity index is 1080. The third-order valence-electron chi connectivity index (χ3n) is 6.52. The van der Waals surface area contributed by atoms with Gasteiger partial charge >= 0.3 is 0 Å². The van der Waals surface area contributed by atoms with Gasteiger partial charge < -0.3 is 19.5 Å². The molecule has 1 fully saturated rings. The molecule has 0 saturated carbocycles. The summed E-state index contributed by atoms with van der Waals surface area (Å²) in [6.07, 6.45) is 0.219. The lowest BCUT2D eigenvalue weighted by Gasteiger charge is -2.32. The summed E-state index contributed by atoms with van der Waals surface area (Å²) in [5.41, 5.74) is 1.49. The molecule has 2 amide bonds. The number of aliphatic hydroxyl groups excluding tert-OH is 1. The van der Waals surface area contributed by atoms with Gasteiger partial charge in [-0.2, -0.15) is 0 Å². The monoisotopic (exact) mass is 427 g/mol. The van der Waals surface area contributed by atoms with Gasteiger partial charge in [-0.25, -0.2) is 4.39 Å². The van der Waals surface area contributed by atoms with Crippen LogP contribution < -0.4 is 5.56 Å². The second kappa shape index (κ2) is 7.92. The molecule has 2 aliphatic heterocycles. The maximum atomic E-state index is 13.3. The van der Waals surface area contributed by atoms with Gasteiger partial charge in [0.1, 0.15) is 11.9 Å². The predicted molar refractivity (Wildman–Crippen MR) is 113 cm³/mol. The van der Waals surface area contributed by atoms with Gasteiger partial charge in [-0.15, -0.1) is 0 Å². The molecule has 0 radical (unpaired) electrons. The van der Waals surface area contributed by atoms with Crippen LogP contribution in [0.2, 0.25) is 0 Å². The van der Waals surface area contributed by atoms with Crippen molar-refractivity contribution in [2.75, 3.05) is 20.7 Å². The van der Waals surface area contributed by atoms with Gasteiger partial charge in [0.2, 0.25) is 11.8 Å². The number of halogens is 1. The Morgan fingerprint density at radius 2 is 1.84 bits per heavy atom. The fourth-order valence-electron chi connectivity index (χ4n) is 5.04. The Morgan fingerprint density at radius 1 is 1.16 bits per heavy atom. The van der Waals surface area contributed by atoms with Crippen LogP contribution in [-0.4, -0.2) is 58.0 Å². The van der Waals surface area contributed by atoms with Gasteiger partial charge in [0.05, 0.1) is 6.04 Å². The quantitative estimate of drug-likeness (QED) is 0.804. The highest BCUT2D eigenvalue weighted by Crippen LogP contribution is 2.49. The number of aliphatic hydroxyl groups is 1. The number of nitrogens with zero attached hydrogens (tertiary/aromatic N) is 3. The van der Waals surface area contributed by atoms with Gasteiger partial charge in [0.15, 0.2) is 0 Å². The molecule has 0 spiro atoms. The third-order valence-corrected chi connectivity index (χ3v) is 6.52. The van der Waals surface area contributed by atoms with Crippen LogP contribution in [0, 0.1) is 17.7 Å². The van der Waals surface area contributed by atoms with Crippen molar-refractivity contribution in [3.63, 3.8) is 0 Å². The van der Waals surface area contributed by atoms with Crippen molar-refractivity contribution >= 4 is 11.8 Å². The molecule has 4 atom stereocenters. The lowest BCUT2D eigenvalue weighted by atomic mass is 9.88. The Hall–Kier alpha value is -3.00. The molecule has 1 aromatic heterocycles. The molecule has 0 unspecified atom stereocenters. The standard InChI is InChI=1S/C23H26FN3O4/c1-4-19(29)27-20-16(17(12-28)21(27)23(31)25(2)3)11-26-18(20)10-9-15(22(26)30)13-5-7-14(24)8-6-13/h5-10,16-17,20-21,28H,4,11-12H2,1-3H3/t16-,17-,20+,21-/m1/s1. The van der Waals surface area contributed by atoms with E-state index in [2.05, 4.69) is 0 Å². The van der Waals surface area contributed by atoms with Crippen molar-refractivity contribution in [2.24, 2.45) is 11.8 Å². The normalized spacial score (nSPS) is 24.1. The van der Waals surface area contributed by atoms with E-state index in [4.69, 9.17) is 0 Å². The second-order valence-corrected chi connectivity index (χ2v) is 8.38. The Kier molecular flexibility index (Phi) is 5.43. The number of fused-ring (bicyclic) bond motifs is 3. The highest BCUT2D eigenvalue weighted by molar-refractivity contribution is 5.89. The van der Waals surface area contributed by atoms with E-state index in [9.17, 15) is 23.9 Å². The number of amides is 2. The lowest BCUT2D eigenvalue weighted by molar-refractivity contribution is -0.145. The summed E-state index contributed by atoms with van der Waals surface area (Å²) in [5, 5.41) is 10.2. The van der Waals surface area contributed by atoms with Gasteiger partial charge in [0, 0.05) is 56.8 Å². The molecule has 4 rings (SSSR count). The minimum absolute atomic E-state index is 0.185. The zero-order chi connectivity index (χ0) is 22.4. The van der Waals surface area contributed by atoms with Crippen molar-refractivity contribution in [3.8, 4) is 11.1 Å². The topological polar surface area (TPSA) is 82.9 Å². The fraction of sp³-hybridized carbons (Fsp3) is 0.435. The zero-order valence-electron chi connectivity index (χ0n) is 17.8. The van der Waals surface area contributed by atoms with Crippen LogP contribution >= 0.6 is 0 Å². The van der Waals surface area contributed by atoms with Crippen LogP contribution in [0.4, 0.5) is 4.39 Å². The number of aromatic nitrogens is 1. The van der Waals surface area contributed by atoms with E-state index in [0.717, 1.165) is 0 Å². The number of hydrogen-bond acceptors (Lipinski definition) is 4. The highest BCUT2D eigenvalue weighted by Gasteiger charge is 2.57. The lowest BCUT2D eigenvalue weighted by Crippen LogP contribution is -2.49. The largest absolute Gasteiger partial charge is 0.396 e. The van der Waals surface area contributed by atoms with E-state index in [1.54, 1.807) is 54.8 Å². The summed E-state index contributed by atoms with van der Waals surface area (Å²) in [5.74, 6) is -1.51. The summed E-state index contributed by atoms with van der Waals surface area (Å²) in [7, 11) is 3.26. The van der Waals surface area contributed by atoms with E-state index in [1.807, 2.05) is 0 Å². The number of benzene rings is 1. The number of likely N-dealkylation sites (tertiary alicyclic amines) is 1. The van der Waals surface area contributed by atoms with Crippen LogP contribution in [0.1, 0.15) is 25.1 Å². The minimum atomic E-state index is -0.761. The van der Waals surface area contributed by atoms with Crippen LogP contribution in [0.15, 0.2) is 41.2 Å². The van der Waals surface area contributed by atoms with Gasteiger partial charge in [-0.05, 0) is 29.8 Å². The summed E-state index contributed by atoms with van der Waals surface area (Å²) in [4.78, 5) is 42.1. The Morgan fingerprint density at radius 3 is 2.42 bits per heavy atom. The van der Waals surface area contributed by atoms with Crippen LogP contribution in [0.25, 0.3) is 11.1 Å². The Balaban J connectivity index is 1.82. The van der Waals surface area contributed by atoms with Crippen LogP contribution in [0.5, 0.6) is 0 Å². The Labute approximate surface area is 179 Å². The summed E-state index contributed by atoms with van der Waals surface area (Å²) >= 11 is 0. The molecule has 2 aromatic rings. The van der Waals surface area contributed by atoms with Gasteiger partial charge in [-0.1, -0.05) is 19.1 Å². The molecular weight excluding hydrogens is 401 g/mol. The number of hydrogen-bond donors (Lipinski definition) is 1. The first kappa shape index (κ1) is 21.2. The maximum absolute atomic E-state index is 13.3. The number of pyridine rings is 1. The predicted octanol–water partition coefficient (Wildman–Crippen LogP) is 1.64. The molecule has 1 N–H and O–H groups in total. The molecule has 7 nitrogen and oxygen atoms in total. The molecule has 0 aliphatic carbocycles. The molecular formula is C23H26FN3O4. The van der Waals surface area contributed by atoms with E-state index in [0.29, 0.717) is 23.4 Å². The molecule has 1 saturated heterocycles. The maximum Gasteiger partial charge on any atom is 0.258 e. The molecule has 3 heterocycles. The fourth-order valence-corrected chi connectivity index (χ4v) is 5.04. The third kappa shape index (κ3) is 3.26. The van der Waals surface area contributed by atoms with Crippen molar-refractivity contribution in [1.29, 1.82) is 0 Å². The number of carbonyl (C=O) groups is 2. The van der Waals surface area contributed by atoms with Crippen LogP contribution in [-0.2, 0) is 16.1 Å². The first-order valence-electron chi connectivity index (χ1n) is 10.4. The number of likely N-dealkylation sites (N-methyl/N-ethyl adjacent to an activating group) is 1. The number of rotatable bonds is 4.